The topological polar surface area (TPSA) is 73.2 Å². The van der Waals surface area contributed by atoms with Crippen LogP contribution in [0.25, 0.3) is 10.2 Å². The second-order valence-corrected chi connectivity index (χ2v) is 6.40. The Morgan fingerprint density at radius 3 is 3.00 bits per heavy atom. The molecule has 3 heterocycles. The number of nitrogens with one attached hydrogen (secondary N) is 1. The number of carbonyl (C=O) groups is 1. The molecule has 118 valence electrons. The van der Waals surface area contributed by atoms with E-state index in [1.165, 1.54) is 11.3 Å². The molecule has 0 atom stereocenters. The number of hydroxylamine groups is 1. The first-order chi connectivity index (χ1) is 10.6. The summed E-state index contributed by atoms with van der Waals surface area (Å²) in [6.07, 6.45) is 4.00. The number of thiophene rings is 1. The zero-order chi connectivity index (χ0) is 15.7. The van der Waals surface area contributed by atoms with Crippen LogP contribution in [0.5, 0.6) is 0 Å². The average Bonchev–Trinajstić information content (AvgIpc) is 2.69. The normalized spacial score (nSPS) is 14.6. The third kappa shape index (κ3) is 2.55. The molecule has 3 rings (SSSR count). The van der Waals surface area contributed by atoms with E-state index < -0.39 is 0 Å². The Bertz CT molecular complexity index is 778. The molecule has 1 N–H and O–H groups in total. The van der Waals surface area contributed by atoms with Gasteiger partial charge in [0, 0.05) is 13.0 Å². The van der Waals surface area contributed by atoms with E-state index in [2.05, 4.69) is 10.5 Å². The molecule has 7 heteroatoms. The average molecular weight is 321 g/mol. The van der Waals surface area contributed by atoms with Crippen LogP contribution in [0.15, 0.2) is 4.79 Å². The molecule has 6 nitrogen and oxygen atoms in total. The van der Waals surface area contributed by atoms with Gasteiger partial charge in [-0.15, -0.1) is 11.3 Å². The summed E-state index contributed by atoms with van der Waals surface area (Å²) in [7, 11) is 0. The quantitative estimate of drug-likeness (QED) is 0.879. The molecule has 2 aromatic heterocycles. The van der Waals surface area contributed by atoms with Crippen molar-refractivity contribution in [2.45, 2.75) is 46.1 Å². The second-order valence-electron chi connectivity index (χ2n) is 5.40. The molecular formula is C15H19N3O3S. The van der Waals surface area contributed by atoms with Crippen molar-refractivity contribution in [3.63, 3.8) is 0 Å². The maximum absolute atomic E-state index is 12.8. The molecule has 0 bridgehead atoms. The van der Waals surface area contributed by atoms with Gasteiger partial charge in [0.05, 0.1) is 16.9 Å². The molecule has 0 aromatic carbocycles. The van der Waals surface area contributed by atoms with Crippen molar-refractivity contribution >= 4 is 27.5 Å². The zero-order valence-corrected chi connectivity index (χ0v) is 13.6. The van der Waals surface area contributed by atoms with Crippen LogP contribution in [0.1, 0.15) is 47.2 Å². The van der Waals surface area contributed by atoms with Gasteiger partial charge >= 0.3 is 0 Å². The second kappa shape index (κ2) is 6.18. The van der Waals surface area contributed by atoms with E-state index >= 15 is 0 Å². The number of carbonyl (C=O) groups excluding carboxylic acids is 1. The van der Waals surface area contributed by atoms with E-state index in [0.717, 1.165) is 31.5 Å². The van der Waals surface area contributed by atoms with Gasteiger partial charge in [-0.25, -0.2) is 10.5 Å². The molecule has 0 saturated heterocycles. The lowest BCUT2D eigenvalue weighted by molar-refractivity contribution is 0.0368. The SMILES string of the molecule is CCONC(=O)c1sc2nc3n(c(=O)c2c1C)CCCCC3. The monoisotopic (exact) mass is 321 g/mol. The minimum Gasteiger partial charge on any atom is -0.296 e. The summed E-state index contributed by atoms with van der Waals surface area (Å²) in [4.78, 5) is 35.6. The Morgan fingerprint density at radius 2 is 2.23 bits per heavy atom. The van der Waals surface area contributed by atoms with Crippen molar-refractivity contribution in [1.82, 2.24) is 15.0 Å². The van der Waals surface area contributed by atoms with Gasteiger partial charge in [0.2, 0.25) is 0 Å². The molecule has 1 aliphatic heterocycles. The van der Waals surface area contributed by atoms with E-state index in [4.69, 9.17) is 4.84 Å². The molecule has 1 amide bonds. The Labute approximate surface area is 132 Å². The smallest absolute Gasteiger partial charge is 0.285 e. The van der Waals surface area contributed by atoms with Crippen LogP contribution < -0.4 is 11.0 Å². The Hall–Kier alpha value is -1.73. The van der Waals surface area contributed by atoms with Crippen LogP contribution >= 0.6 is 11.3 Å². The molecule has 0 spiro atoms. The number of nitrogens with zero attached hydrogens (tertiary/aromatic N) is 2. The van der Waals surface area contributed by atoms with E-state index in [0.29, 0.717) is 33.8 Å². The fraction of sp³-hybridized carbons (Fsp3) is 0.533. The number of aryl methyl sites for hydroxylation is 2. The van der Waals surface area contributed by atoms with Gasteiger partial charge in [0.15, 0.2) is 0 Å². The van der Waals surface area contributed by atoms with E-state index in [1.807, 2.05) is 0 Å². The van der Waals surface area contributed by atoms with Crippen LogP contribution in [-0.2, 0) is 17.8 Å². The van der Waals surface area contributed by atoms with Crippen molar-refractivity contribution in [3.8, 4) is 0 Å². The highest BCUT2D eigenvalue weighted by molar-refractivity contribution is 7.20. The summed E-state index contributed by atoms with van der Waals surface area (Å²) in [6.45, 7) is 4.70. The fourth-order valence-electron chi connectivity index (χ4n) is 2.81. The van der Waals surface area contributed by atoms with Crippen LogP contribution in [0, 0.1) is 6.92 Å². The van der Waals surface area contributed by atoms with Crippen LogP contribution in [-0.4, -0.2) is 22.1 Å². The Balaban J connectivity index is 2.13. The number of fused-ring (bicyclic) bond motifs is 2. The van der Waals surface area contributed by atoms with Gasteiger partial charge in [-0.05, 0) is 32.3 Å². The van der Waals surface area contributed by atoms with Crippen molar-refractivity contribution in [2.75, 3.05) is 6.61 Å². The van der Waals surface area contributed by atoms with Crippen molar-refractivity contribution < 1.29 is 9.63 Å². The fourth-order valence-corrected chi connectivity index (χ4v) is 3.89. The van der Waals surface area contributed by atoms with Gasteiger partial charge in [-0.2, -0.15) is 0 Å². The van der Waals surface area contributed by atoms with Gasteiger partial charge in [0.1, 0.15) is 10.7 Å². The summed E-state index contributed by atoms with van der Waals surface area (Å²) in [5.74, 6) is 0.523. The molecule has 0 unspecified atom stereocenters. The molecule has 0 aliphatic carbocycles. The summed E-state index contributed by atoms with van der Waals surface area (Å²) in [5.41, 5.74) is 3.05. The maximum atomic E-state index is 12.8. The summed E-state index contributed by atoms with van der Waals surface area (Å²) < 4.78 is 1.78. The Morgan fingerprint density at radius 1 is 1.41 bits per heavy atom. The minimum absolute atomic E-state index is 0.0221. The van der Waals surface area contributed by atoms with Crippen molar-refractivity contribution in [2.24, 2.45) is 0 Å². The number of hydrogen-bond acceptors (Lipinski definition) is 5. The molecule has 0 radical (unpaired) electrons. The maximum Gasteiger partial charge on any atom is 0.285 e. The number of rotatable bonds is 3. The van der Waals surface area contributed by atoms with Gasteiger partial charge < -0.3 is 0 Å². The van der Waals surface area contributed by atoms with E-state index in [1.54, 1.807) is 18.4 Å². The predicted octanol–water partition coefficient (Wildman–Crippen LogP) is 2.17. The lowest BCUT2D eigenvalue weighted by atomic mass is 10.2. The predicted molar refractivity (Wildman–Crippen MR) is 85.3 cm³/mol. The van der Waals surface area contributed by atoms with Gasteiger partial charge in [-0.3, -0.25) is 19.0 Å². The first kappa shape index (κ1) is 15.2. The first-order valence-electron chi connectivity index (χ1n) is 7.58. The first-order valence-corrected chi connectivity index (χ1v) is 8.40. The standard InChI is InChI=1S/C15H19N3O3S/c1-3-21-17-13(19)12-9(2)11-14(22-12)16-10-7-5-4-6-8-18(10)15(11)20/h3-8H2,1-2H3,(H,17,19). The number of amides is 1. The number of hydrogen-bond donors (Lipinski definition) is 1. The third-order valence-electron chi connectivity index (χ3n) is 3.93. The summed E-state index contributed by atoms with van der Waals surface area (Å²) in [6, 6.07) is 0. The van der Waals surface area contributed by atoms with Crippen molar-refractivity contribution in [1.29, 1.82) is 0 Å². The Kier molecular flexibility index (Phi) is 4.26. The van der Waals surface area contributed by atoms with Crippen molar-refractivity contribution in [3.05, 3.63) is 26.6 Å². The zero-order valence-electron chi connectivity index (χ0n) is 12.8. The summed E-state index contributed by atoms with van der Waals surface area (Å²) >= 11 is 1.26. The van der Waals surface area contributed by atoms with Gasteiger partial charge in [0.25, 0.3) is 11.5 Å². The van der Waals surface area contributed by atoms with E-state index in [-0.39, 0.29) is 11.5 Å². The lowest BCUT2D eigenvalue weighted by Gasteiger charge is -2.08. The van der Waals surface area contributed by atoms with Crippen LogP contribution in [0.4, 0.5) is 0 Å². The molecule has 2 aromatic rings. The highest BCUT2D eigenvalue weighted by atomic mass is 32.1. The minimum atomic E-state index is -0.318. The molecular weight excluding hydrogens is 302 g/mol. The number of aromatic nitrogens is 2. The highest BCUT2D eigenvalue weighted by Gasteiger charge is 2.22. The molecule has 0 fully saturated rings. The lowest BCUT2D eigenvalue weighted by Crippen LogP contribution is -2.25. The third-order valence-corrected chi connectivity index (χ3v) is 5.11. The summed E-state index contributed by atoms with van der Waals surface area (Å²) in [5, 5.41) is 0.567. The highest BCUT2D eigenvalue weighted by Crippen LogP contribution is 2.28. The molecule has 0 saturated carbocycles. The molecule has 1 aliphatic rings. The van der Waals surface area contributed by atoms with Gasteiger partial charge in [-0.1, -0.05) is 6.42 Å². The largest absolute Gasteiger partial charge is 0.296 e. The van der Waals surface area contributed by atoms with Crippen LogP contribution in [0.3, 0.4) is 0 Å². The van der Waals surface area contributed by atoms with Crippen LogP contribution in [0.2, 0.25) is 0 Å². The molecule has 22 heavy (non-hydrogen) atoms. The van der Waals surface area contributed by atoms with E-state index in [9.17, 15) is 9.59 Å².